The quantitative estimate of drug-likeness (QED) is 0.725. The Hall–Kier alpha value is -0.450. The topological polar surface area (TPSA) is 34.1 Å². The first kappa shape index (κ1) is 14.6. The molecule has 0 amide bonds. The normalized spacial score (nSPS) is 12.9. The van der Waals surface area contributed by atoms with Crippen molar-refractivity contribution in [1.29, 1.82) is 0 Å². The summed E-state index contributed by atoms with van der Waals surface area (Å²) in [6.07, 6.45) is 2.29. The van der Waals surface area contributed by atoms with E-state index in [1.165, 1.54) is 17.0 Å². The van der Waals surface area contributed by atoms with Gasteiger partial charge in [0.25, 0.3) is 0 Å². The number of thiazole rings is 1. The zero-order chi connectivity index (χ0) is 12.7. The van der Waals surface area contributed by atoms with Crippen LogP contribution >= 0.6 is 11.3 Å². The average molecular weight is 256 g/mol. The Morgan fingerprint density at radius 2 is 2.12 bits per heavy atom. The van der Waals surface area contributed by atoms with Crippen molar-refractivity contribution in [3.8, 4) is 0 Å². The minimum Gasteiger partial charge on any atom is -0.372 e. The number of nitrogens with one attached hydrogen (secondary N) is 1. The highest BCUT2D eigenvalue weighted by atomic mass is 32.1. The molecule has 3 nitrogen and oxygen atoms in total. The lowest BCUT2D eigenvalue weighted by atomic mass is 10.3. The van der Waals surface area contributed by atoms with Gasteiger partial charge in [0.2, 0.25) is 0 Å². The molecule has 4 heteroatoms. The lowest BCUT2D eigenvalue weighted by molar-refractivity contribution is 0.0761. The number of hydrogen-bond donors (Lipinski definition) is 1. The van der Waals surface area contributed by atoms with Crippen molar-refractivity contribution < 1.29 is 4.74 Å². The molecule has 0 aliphatic heterocycles. The summed E-state index contributed by atoms with van der Waals surface area (Å²) in [5.74, 6) is 0. The molecule has 1 heterocycles. The number of aryl methyl sites for hydroxylation is 1. The predicted molar refractivity (Wildman–Crippen MR) is 73.5 cm³/mol. The van der Waals surface area contributed by atoms with E-state index in [0.29, 0.717) is 0 Å². The van der Waals surface area contributed by atoms with E-state index in [-0.39, 0.29) is 6.10 Å². The number of nitrogens with zero attached hydrogens (tertiary/aromatic N) is 1. The molecule has 0 fully saturated rings. The molecule has 98 valence electrons. The van der Waals surface area contributed by atoms with Gasteiger partial charge in [-0.25, -0.2) is 4.98 Å². The van der Waals surface area contributed by atoms with Crippen molar-refractivity contribution in [2.75, 3.05) is 13.2 Å². The molecular weight excluding hydrogens is 232 g/mol. The fraction of sp³-hybridized carbons (Fsp3) is 0.769. The van der Waals surface area contributed by atoms with Crippen LogP contribution in [0.25, 0.3) is 0 Å². The highest BCUT2D eigenvalue weighted by Crippen LogP contribution is 2.26. The summed E-state index contributed by atoms with van der Waals surface area (Å²) < 4.78 is 5.59. The van der Waals surface area contributed by atoms with Crippen molar-refractivity contribution in [1.82, 2.24) is 10.3 Å². The lowest BCUT2D eigenvalue weighted by Crippen LogP contribution is -2.13. The van der Waals surface area contributed by atoms with E-state index in [2.05, 4.69) is 31.1 Å². The van der Waals surface area contributed by atoms with Crippen molar-refractivity contribution in [3.05, 3.63) is 15.6 Å². The fourth-order valence-electron chi connectivity index (χ4n) is 1.69. The van der Waals surface area contributed by atoms with E-state index in [1.54, 1.807) is 11.3 Å². The van der Waals surface area contributed by atoms with Crippen LogP contribution in [0.2, 0.25) is 0 Å². The third kappa shape index (κ3) is 4.37. The van der Waals surface area contributed by atoms with Crippen molar-refractivity contribution >= 4 is 11.3 Å². The number of rotatable bonds is 8. The Balaban J connectivity index is 2.68. The first-order valence-corrected chi connectivity index (χ1v) is 7.35. The molecule has 1 aromatic rings. The maximum absolute atomic E-state index is 5.59. The van der Waals surface area contributed by atoms with Gasteiger partial charge in [-0.15, -0.1) is 11.3 Å². The van der Waals surface area contributed by atoms with Crippen LogP contribution < -0.4 is 5.32 Å². The highest BCUT2D eigenvalue weighted by Gasteiger charge is 2.14. The van der Waals surface area contributed by atoms with Crippen LogP contribution in [0.3, 0.4) is 0 Å². The van der Waals surface area contributed by atoms with Gasteiger partial charge in [-0.2, -0.15) is 0 Å². The maximum Gasteiger partial charge on any atom is 0.122 e. The van der Waals surface area contributed by atoms with Crippen LogP contribution in [0.1, 0.15) is 55.8 Å². The van der Waals surface area contributed by atoms with Crippen molar-refractivity contribution in [2.45, 2.75) is 53.2 Å². The molecule has 1 aromatic heterocycles. The fourth-order valence-corrected chi connectivity index (χ4v) is 2.82. The maximum atomic E-state index is 5.59. The van der Waals surface area contributed by atoms with Gasteiger partial charge in [0.05, 0.1) is 5.69 Å². The molecule has 0 radical (unpaired) electrons. The zero-order valence-electron chi connectivity index (χ0n) is 11.4. The van der Waals surface area contributed by atoms with Crippen LogP contribution in [0.5, 0.6) is 0 Å². The summed E-state index contributed by atoms with van der Waals surface area (Å²) in [5, 5.41) is 4.55. The molecule has 0 saturated carbocycles. The smallest absolute Gasteiger partial charge is 0.122 e. The van der Waals surface area contributed by atoms with E-state index >= 15 is 0 Å². The Kier molecular flexibility index (Phi) is 6.70. The second-order valence-corrected chi connectivity index (χ2v) is 5.17. The second kappa shape index (κ2) is 7.80. The van der Waals surface area contributed by atoms with Gasteiger partial charge in [-0.1, -0.05) is 13.8 Å². The molecule has 1 N–H and O–H groups in total. The van der Waals surface area contributed by atoms with Crippen LogP contribution in [0, 0.1) is 0 Å². The Morgan fingerprint density at radius 1 is 1.35 bits per heavy atom. The summed E-state index contributed by atoms with van der Waals surface area (Å²) in [6.45, 7) is 11.2. The van der Waals surface area contributed by atoms with Gasteiger partial charge in [-0.3, -0.25) is 0 Å². The van der Waals surface area contributed by atoms with Gasteiger partial charge in [0.15, 0.2) is 0 Å². The summed E-state index contributed by atoms with van der Waals surface area (Å²) >= 11 is 1.78. The monoisotopic (exact) mass is 256 g/mol. The Labute approximate surface area is 109 Å². The molecule has 1 unspecified atom stereocenters. The molecule has 0 saturated heterocycles. The summed E-state index contributed by atoms with van der Waals surface area (Å²) in [6, 6.07) is 0. The number of ether oxygens (including phenoxy) is 1. The molecule has 1 atom stereocenters. The van der Waals surface area contributed by atoms with E-state index in [0.717, 1.165) is 31.1 Å². The van der Waals surface area contributed by atoms with Gasteiger partial charge in [0.1, 0.15) is 11.1 Å². The molecule has 0 aliphatic rings. The van der Waals surface area contributed by atoms with Gasteiger partial charge in [0, 0.05) is 18.0 Å². The van der Waals surface area contributed by atoms with Gasteiger partial charge in [-0.05, 0) is 33.2 Å². The molecule has 1 rings (SSSR count). The minimum absolute atomic E-state index is 0.121. The zero-order valence-corrected chi connectivity index (χ0v) is 12.2. The average Bonchev–Trinajstić information content (AvgIpc) is 2.73. The first-order chi connectivity index (χ1) is 8.22. The summed E-state index contributed by atoms with van der Waals surface area (Å²) in [7, 11) is 0. The van der Waals surface area contributed by atoms with Crippen LogP contribution in [0.4, 0.5) is 0 Å². The van der Waals surface area contributed by atoms with Crippen LogP contribution in [-0.4, -0.2) is 18.1 Å². The number of hydrogen-bond acceptors (Lipinski definition) is 4. The molecule has 0 bridgehead atoms. The Morgan fingerprint density at radius 3 is 2.71 bits per heavy atom. The highest BCUT2D eigenvalue weighted by molar-refractivity contribution is 7.11. The van der Waals surface area contributed by atoms with E-state index in [4.69, 9.17) is 4.74 Å². The van der Waals surface area contributed by atoms with E-state index in [1.807, 2.05) is 6.92 Å². The SMILES string of the molecule is CCCNCc1sc(C(C)OCC)nc1CC. The van der Waals surface area contributed by atoms with E-state index in [9.17, 15) is 0 Å². The third-order valence-corrected chi connectivity index (χ3v) is 3.87. The molecule has 0 aromatic carbocycles. The predicted octanol–water partition coefficient (Wildman–Crippen LogP) is 3.30. The second-order valence-electron chi connectivity index (χ2n) is 4.05. The van der Waals surface area contributed by atoms with Gasteiger partial charge < -0.3 is 10.1 Å². The van der Waals surface area contributed by atoms with Crippen LogP contribution in [0.15, 0.2) is 0 Å². The minimum atomic E-state index is 0.121. The largest absolute Gasteiger partial charge is 0.372 e. The summed E-state index contributed by atoms with van der Waals surface area (Å²) in [4.78, 5) is 6.04. The van der Waals surface area contributed by atoms with Crippen molar-refractivity contribution in [2.24, 2.45) is 0 Å². The molecule has 0 aliphatic carbocycles. The third-order valence-electron chi connectivity index (χ3n) is 2.61. The standard InChI is InChI=1S/C13H24N2OS/c1-5-8-14-9-12-11(6-2)15-13(17-12)10(4)16-7-3/h10,14H,5-9H2,1-4H3. The van der Waals surface area contributed by atoms with Crippen molar-refractivity contribution in [3.63, 3.8) is 0 Å². The molecule has 17 heavy (non-hydrogen) atoms. The molecule has 0 spiro atoms. The first-order valence-electron chi connectivity index (χ1n) is 6.53. The van der Waals surface area contributed by atoms with Crippen LogP contribution in [-0.2, 0) is 17.7 Å². The lowest BCUT2D eigenvalue weighted by Gasteiger charge is -2.06. The number of aromatic nitrogens is 1. The molecular formula is C13H24N2OS. The van der Waals surface area contributed by atoms with E-state index < -0.39 is 0 Å². The Bertz CT molecular complexity index is 325. The summed E-state index contributed by atoms with van der Waals surface area (Å²) in [5.41, 5.74) is 1.22. The van der Waals surface area contributed by atoms with Gasteiger partial charge >= 0.3 is 0 Å².